The van der Waals surface area contributed by atoms with Crippen LogP contribution in [0.3, 0.4) is 0 Å². The van der Waals surface area contributed by atoms with E-state index in [0.29, 0.717) is 25.1 Å². The Hall–Kier alpha value is -1.95. The summed E-state index contributed by atoms with van der Waals surface area (Å²) in [6.07, 6.45) is 6.03. The number of unbranched alkanes of at least 4 members (excludes halogenated alkanes) is 4. The lowest BCUT2D eigenvalue weighted by atomic mass is 10.1. The van der Waals surface area contributed by atoms with Crippen molar-refractivity contribution >= 4 is 34.8 Å². The highest BCUT2D eigenvalue weighted by atomic mass is 32.1. The van der Waals surface area contributed by atoms with Gasteiger partial charge in [-0.3, -0.25) is 9.59 Å². The van der Waals surface area contributed by atoms with Gasteiger partial charge in [-0.2, -0.15) is 0 Å². The molecule has 0 heterocycles. The molecule has 0 spiro atoms. The maximum Gasteiger partial charge on any atom is 0.253 e. The summed E-state index contributed by atoms with van der Waals surface area (Å²) in [4.78, 5) is 25.9. The van der Waals surface area contributed by atoms with Crippen LogP contribution in [0, 0.1) is 0 Å². The van der Waals surface area contributed by atoms with Crippen molar-refractivity contribution in [1.29, 1.82) is 0 Å². The first-order chi connectivity index (χ1) is 12.5. The summed E-state index contributed by atoms with van der Waals surface area (Å²) in [7, 11) is 0. The van der Waals surface area contributed by atoms with Crippen molar-refractivity contribution in [2.45, 2.75) is 59.3 Å². The molecule has 1 rings (SSSR count). The number of rotatable bonds is 10. The number of anilines is 1. The van der Waals surface area contributed by atoms with Gasteiger partial charge in [0.1, 0.15) is 0 Å². The second kappa shape index (κ2) is 12.4. The van der Waals surface area contributed by atoms with Crippen molar-refractivity contribution in [3.63, 3.8) is 0 Å². The van der Waals surface area contributed by atoms with Crippen LogP contribution in [0.4, 0.5) is 5.69 Å². The summed E-state index contributed by atoms with van der Waals surface area (Å²) in [6.45, 7) is 7.46. The average molecular weight is 378 g/mol. The van der Waals surface area contributed by atoms with Crippen molar-refractivity contribution in [2.24, 2.45) is 0 Å². The lowest BCUT2D eigenvalue weighted by Crippen LogP contribution is -2.34. The van der Waals surface area contributed by atoms with Crippen molar-refractivity contribution in [2.75, 3.05) is 18.4 Å². The van der Waals surface area contributed by atoms with Gasteiger partial charge >= 0.3 is 0 Å². The van der Waals surface area contributed by atoms with Crippen LogP contribution in [0.1, 0.15) is 69.7 Å². The van der Waals surface area contributed by atoms with E-state index in [1.54, 1.807) is 29.2 Å². The number of carbonyl (C=O) groups excluding carboxylic acids is 2. The van der Waals surface area contributed by atoms with Gasteiger partial charge in [-0.1, -0.05) is 32.6 Å². The Morgan fingerprint density at radius 2 is 1.58 bits per heavy atom. The van der Waals surface area contributed by atoms with E-state index in [4.69, 9.17) is 12.2 Å². The normalized spacial score (nSPS) is 10.3. The van der Waals surface area contributed by atoms with E-state index in [1.807, 2.05) is 13.8 Å². The summed E-state index contributed by atoms with van der Waals surface area (Å²) in [5.41, 5.74) is 1.38. The minimum Gasteiger partial charge on any atom is -0.339 e. The zero-order valence-corrected chi connectivity index (χ0v) is 17.0. The molecule has 2 N–H and O–H groups in total. The molecule has 0 atom stereocenters. The van der Waals surface area contributed by atoms with Gasteiger partial charge in [0.25, 0.3) is 5.91 Å². The van der Waals surface area contributed by atoms with E-state index < -0.39 is 0 Å². The van der Waals surface area contributed by atoms with Crippen LogP contribution in [0.15, 0.2) is 24.3 Å². The highest BCUT2D eigenvalue weighted by Crippen LogP contribution is 2.12. The zero-order valence-electron chi connectivity index (χ0n) is 16.1. The fourth-order valence-electron chi connectivity index (χ4n) is 2.63. The quantitative estimate of drug-likeness (QED) is 0.470. The summed E-state index contributed by atoms with van der Waals surface area (Å²) >= 11 is 5.18. The van der Waals surface area contributed by atoms with Gasteiger partial charge in [-0.15, -0.1) is 0 Å². The topological polar surface area (TPSA) is 61.4 Å². The minimum absolute atomic E-state index is 0.0144. The van der Waals surface area contributed by atoms with Crippen LogP contribution in [0.5, 0.6) is 0 Å². The Bertz CT molecular complexity index is 583. The maximum absolute atomic E-state index is 12.3. The summed E-state index contributed by atoms with van der Waals surface area (Å²) in [5.74, 6) is -0.0483. The molecular formula is C20H31N3O2S. The molecule has 2 amide bonds. The highest BCUT2D eigenvalue weighted by Gasteiger charge is 2.12. The Labute approximate surface area is 162 Å². The van der Waals surface area contributed by atoms with Gasteiger partial charge in [0, 0.05) is 30.8 Å². The van der Waals surface area contributed by atoms with Gasteiger partial charge < -0.3 is 15.5 Å². The van der Waals surface area contributed by atoms with Crippen LogP contribution in [0.25, 0.3) is 0 Å². The van der Waals surface area contributed by atoms with Crippen LogP contribution >= 0.6 is 12.2 Å². The van der Waals surface area contributed by atoms with Crippen molar-refractivity contribution in [1.82, 2.24) is 10.2 Å². The molecule has 1 aromatic carbocycles. The molecule has 0 aliphatic heterocycles. The van der Waals surface area contributed by atoms with Crippen LogP contribution < -0.4 is 10.6 Å². The molecule has 0 fully saturated rings. The van der Waals surface area contributed by atoms with Crippen molar-refractivity contribution in [3.05, 3.63) is 29.8 Å². The first-order valence-corrected chi connectivity index (χ1v) is 9.92. The molecule has 0 saturated carbocycles. The van der Waals surface area contributed by atoms with Gasteiger partial charge in [0.2, 0.25) is 5.91 Å². The predicted octanol–water partition coefficient (Wildman–Crippen LogP) is 4.34. The fraction of sp³-hybridized carbons (Fsp3) is 0.550. The number of hydrogen-bond acceptors (Lipinski definition) is 3. The Kier molecular flexibility index (Phi) is 10.5. The molecule has 0 radical (unpaired) electrons. The summed E-state index contributed by atoms with van der Waals surface area (Å²) < 4.78 is 0. The first-order valence-electron chi connectivity index (χ1n) is 9.51. The monoisotopic (exact) mass is 377 g/mol. The molecule has 0 aromatic heterocycles. The largest absolute Gasteiger partial charge is 0.339 e. The molecule has 0 aliphatic carbocycles. The van der Waals surface area contributed by atoms with E-state index in [-0.39, 0.29) is 16.9 Å². The summed E-state index contributed by atoms with van der Waals surface area (Å²) in [5, 5.41) is 5.96. The van der Waals surface area contributed by atoms with E-state index in [1.165, 1.54) is 19.3 Å². The molecule has 5 nitrogen and oxygen atoms in total. The number of carbonyl (C=O) groups is 2. The van der Waals surface area contributed by atoms with E-state index in [9.17, 15) is 9.59 Å². The maximum atomic E-state index is 12.3. The second-order valence-electron chi connectivity index (χ2n) is 6.22. The first kappa shape index (κ1) is 22.1. The van der Waals surface area contributed by atoms with Crippen LogP contribution in [0.2, 0.25) is 0 Å². The molecule has 1 aromatic rings. The average Bonchev–Trinajstić information content (AvgIpc) is 2.63. The highest BCUT2D eigenvalue weighted by molar-refractivity contribution is 7.80. The zero-order chi connectivity index (χ0) is 19.4. The van der Waals surface area contributed by atoms with E-state index in [2.05, 4.69) is 17.6 Å². The SMILES string of the molecule is CCCCCCCC(=O)NC(=S)Nc1ccc(C(=O)N(CC)CC)cc1. The molecule has 0 bridgehead atoms. The van der Waals surface area contributed by atoms with Crippen molar-refractivity contribution < 1.29 is 9.59 Å². The number of thiocarbonyl (C=S) groups is 1. The van der Waals surface area contributed by atoms with Crippen LogP contribution in [-0.4, -0.2) is 34.9 Å². The number of benzene rings is 1. The molecular weight excluding hydrogens is 346 g/mol. The Morgan fingerprint density at radius 3 is 2.15 bits per heavy atom. The van der Waals surface area contributed by atoms with E-state index >= 15 is 0 Å². The number of hydrogen-bond donors (Lipinski definition) is 2. The van der Waals surface area contributed by atoms with Gasteiger partial charge in [-0.25, -0.2) is 0 Å². The third-order valence-electron chi connectivity index (χ3n) is 4.20. The predicted molar refractivity (Wildman–Crippen MR) is 111 cm³/mol. The lowest BCUT2D eigenvalue weighted by Gasteiger charge is -2.18. The number of nitrogens with zero attached hydrogens (tertiary/aromatic N) is 1. The second-order valence-corrected chi connectivity index (χ2v) is 6.63. The van der Waals surface area contributed by atoms with E-state index in [0.717, 1.165) is 18.5 Å². The summed E-state index contributed by atoms with van der Waals surface area (Å²) in [6, 6.07) is 7.11. The molecule has 6 heteroatoms. The molecule has 0 aliphatic rings. The number of amides is 2. The molecule has 144 valence electrons. The molecule has 0 unspecified atom stereocenters. The number of nitrogens with one attached hydrogen (secondary N) is 2. The van der Waals surface area contributed by atoms with Crippen molar-refractivity contribution in [3.8, 4) is 0 Å². The standard InChI is InChI=1S/C20H31N3O2S/c1-4-7-8-9-10-11-18(24)22-20(26)21-17-14-12-16(13-15-17)19(25)23(5-2)6-3/h12-15H,4-11H2,1-3H3,(H2,21,22,24,26). The molecule has 0 saturated heterocycles. The van der Waals surface area contributed by atoms with Gasteiger partial charge in [-0.05, 0) is 56.8 Å². The third-order valence-corrected chi connectivity index (χ3v) is 4.40. The fourth-order valence-corrected chi connectivity index (χ4v) is 2.86. The van der Waals surface area contributed by atoms with Gasteiger partial charge in [0.05, 0.1) is 0 Å². The van der Waals surface area contributed by atoms with Crippen LogP contribution in [-0.2, 0) is 4.79 Å². The Balaban J connectivity index is 2.42. The minimum atomic E-state index is -0.0627. The van der Waals surface area contributed by atoms with Gasteiger partial charge in [0.15, 0.2) is 5.11 Å². The molecule has 26 heavy (non-hydrogen) atoms. The Morgan fingerprint density at radius 1 is 0.962 bits per heavy atom. The third kappa shape index (κ3) is 7.95. The smallest absolute Gasteiger partial charge is 0.253 e. The lowest BCUT2D eigenvalue weighted by molar-refractivity contribution is -0.119.